The van der Waals surface area contributed by atoms with Crippen LogP contribution in [0.4, 0.5) is 4.39 Å². The number of amides is 2. The molecule has 0 radical (unpaired) electrons. The van der Waals surface area contributed by atoms with Crippen LogP contribution >= 0.6 is 11.8 Å². The van der Waals surface area contributed by atoms with Gasteiger partial charge in [0, 0.05) is 4.90 Å². The fourth-order valence-corrected chi connectivity index (χ4v) is 3.12. The Morgan fingerprint density at radius 2 is 1.72 bits per heavy atom. The number of carbonyl (C=O) groups excluding carboxylic acids is 2. The highest BCUT2D eigenvalue weighted by molar-refractivity contribution is 8.00. The normalized spacial score (nSPS) is 11.6. The van der Waals surface area contributed by atoms with E-state index in [9.17, 15) is 14.0 Å². The fourth-order valence-electron chi connectivity index (χ4n) is 2.38. The number of nitrogens with one attached hydrogen (secondary N) is 2. The summed E-state index contributed by atoms with van der Waals surface area (Å²) >= 11 is 1.08. The van der Waals surface area contributed by atoms with Crippen molar-refractivity contribution < 1.29 is 14.0 Å². The first kappa shape index (κ1) is 19.0. The van der Waals surface area contributed by atoms with Crippen molar-refractivity contribution in [2.75, 3.05) is 5.75 Å². The Morgan fingerprint density at radius 3 is 2.40 bits per heavy atom. The number of halogens is 1. The molecule has 0 aliphatic carbocycles. The standard InChI is InChI=1S/C19H21FN2O2S/c1-2-8-15(14-9-4-3-5-10-14)19(24)22-21-18(23)13-25-17-12-7-6-11-16(17)20/h3-7,9-12,15H,2,8,13H2,1H3,(H,21,23)(H,22,24)/t15-/m0/s1. The molecule has 2 aromatic carbocycles. The molecule has 0 unspecified atom stereocenters. The van der Waals surface area contributed by atoms with Crippen LogP contribution in [-0.4, -0.2) is 17.6 Å². The number of rotatable bonds is 7. The zero-order valence-electron chi connectivity index (χ0n) is 14.0. The molecule has 1 atom stereocenters. The lowest BCUT2D eigenvalue weighted by Gasteiger charge is -2.17. The van der Waals surface area contributed by atoms with Gasteiger partial charge in [0.15, 0.2) is 0 Å². The second-order valence-corrected chi connectivity index (χ2v) is 6.53. The molecule has 0 saturated carbocycles. The van der Waals surface area contributed by atoms with Crippen LogP contribution in [0.25, 0.3) is 0 Å². The predicted molar refractivity (Wildman–Crippen MR) is 97.5 cm³/mol. The molecule has 6 heteroatoms. The van der Waals surface area contributed by atoms with Crippen LogP contribution in [0.5, 0.6) is 0 Å². The van der Waals surface area contributed by atoms with E-state index in [1.54, 1.807) is 18.2 Å². The van der Waals surface area contributed by atoms with Crippen molar-refractivity contribution in [2.24, 2.45) is 0 Å². The maximum Gasteiger partial charge on any atom is 0.248 e. The topological polar surface area (TPSA) is 58.2 Å². The van der Waals surface area contributed by atoms with Gasteiger partial charge in [-0.05, 0) is 24.1 Å². The molecule has 2 N–H and O–H groups in total. The van der Waals surface area contributed by atoms with Crippen LogP contribution in [0, 0.1) is 5.82 Å². The minimum atomic E-state index is -0.384. The molecule has 25 heavy (non-hydrogen) atoms. The van der Waals surface area contributed by atoms with Gasteiger partial charge >= 0.3 is 0 Å². The smallest absolute Gasteiger partial charge is 0.248 e. The van der Waals surface area contributed by atoms with E-state index in [1.165, 1.54) is 6.07 Å². The molecule has 132 valence electrons. The number of thioether (sulfide) groups is 1. The zero-order chi connectivity index (χ0) is 18.1. The Hall–Kier alpha value is -2.34. The van der Waals surface area contributed by atoms with Crippen LogP contribution in [0.1, 0.15) is 31.2 Å². The maximum atomic E-state index is 13.5. The Labute approximate surface area is 151 Å². The van der Waals surface area contributed by atoms with E-state index in [0.717, 1.165) is 23.7 Å². The molecule has 0 heterocycles. The van der Waals surface area contributed by atoms with E-state index >= 15 is 0 Å². The molecular formula is C19H21FN2O2S. The molecule has 2 amide bonds. The van der Waals surface area contributed by atoms with Crippen LogP contribution < -0.4 is 10.9 Å². The first-order valence-electron chi connectivity index (χ1n) is 8.12. The van der Waals surface area contributed by atoms with Gasteiger partial charge in [0.2, 0.25) is 11.8 Å². The minimum absolute atomic E-state index is 0.0188. The van der Waals surface area contributed by atoms with Crippen LogP contribution in [-0.2, 0) is 9.59 Å². The number of benzene rings is 2. The Morgan fingerprint density at radius 1 is 1.04 bits per heavy atom. The lowest BCUT2D eigenvalue weighted by molar-refractivity contribution is -0.128. The van der Waals surface area contributed by atoms with Gasteiger partial charge in [-0.3, -0.25) is 20.4 Å². The monoisotopic (exact) mass is 360 g/mol. The van der Waals surface area contributed by atoms with Crippen molar-refractivity contribution in [2.45, 2.75) is 30.6 Å². The molecule has 0 fully saturated rings. The Kier molecular flexibility index (Phi) is 7.47. The third-order valence-corrected chi connectivity index (χ3v) is 4.66. The highest BCUT2D eigenvalue weighted by atomic mass is 32.2. The predicted octanol–water partition coefficient (Wildman–Crippen LogP) is 3.65. The molecule has 2 rings (SSSR count). The lowest BCUT2D eigenvalue weighted by Crippen LogP contribution is -2.44. The summed E-state index contributed by atoms with van der Waals surface area (Å²) in [5, 5.41) is 0. The molecule has 0 saturated heterocycles. The van der Waals surface area contributed by atoms with Crippen molar-refractivity contribution in [1.82, 2.24) is 10.9 Å². The third-order valence-electron chi connectivity index (χ3n) is 3.62. The summed E-state index contributed by atoms with van der Waals surface area (Å²) in [7, 11) is 0. The fraction of sp³-hybridized carbons (Fsp3) is 0.263. The van der Waals surface area contributed by atoms with Gasteiger partial charge in [-0.15, -0.1) is 11.8 Å². The summed E-state index contributed by atoms with van der Waals surface area (Å²) in [4.78, 5) is 24.7. The van der Waals surface area contributed by atoms with Gasteiger partial charge in [0.05, 0.1) is 11.7 Å². The van der Waals surface area contributed by atoms with Crippen LogP contribution in [0.2, 0.25) is 0 Å². The first-order chi connectivity index (χ1) is 12.1. The van der Waals surface area contributed by atoms with Crippen molar-refractivity contribution in [3.63, 3.8) is 0 Å². The maximum absolute atomic E-state index is 13.5. The molecule has 4 nitrogen and oxygen atoms in total. The highest BCUT2D eigenvalue weighted by Gasteiger charge is 2.20. The number of carbonyl (C=O) groups is 2. The summed E-state index contributed by atoms with van der Waals surface area (Å²) in [6.45, 7) is 2.01. The van der Waals surface area contributed by atoms with Gasteiger partial charge in [0.25, 0.3) is 0 Å². The van der Waals surface area contributed by atoms with Crippen molar-refractivity contribution >= 4 is 23.6 Å². The summed E-state index contributed by atoms with van der Waals surface area (Å²) < 4.78 is 13.5. The van der Waals surface area contributed by atoms with Gasteiger partial charge in [-0.1, -0.05) is 55.8 Å². The zero-order valence-corrected chi connectivity index (χ0v) is 14.8. The summed E-state index contributed by atoms with van der Waals surface area (Å²) in [6, 6.07) is 15.7. The van der Waals surface area contributed by atoms with Crippen molar-refractivity contribution in [3.8, 4) is 0 Å². The first-order valence-corrected chi connectivity index (χ1v) is 9.11. The van der Waals surface area contributed by atoms with Crippen LogP contribution in [0.3, 0.4) is 0 Å². The van der Waals surface area contributed by atoms with Gasteiger partial charge in [-0.2, -0.15) is 0 Å². The third kappa shape index (κ3) is 5.90. The molecule has 0 aromatic heterocycles. The van der Waals surface area contributed by atoms with E-state index in [0.29, 0.717) is 11.3 Å². The van der Waals surface area contributed by atoms with E-state index < -0.39 is 0 Å². The second kappa shape index (κ2) is 9.84. The average Bonchev–Trinajstić information content (AvgIpc) is 2.64. The Bertz CT molecular complexity index is 710. The summed E-state index contributed by atoms with van der Waals surface area (Å²) in [5.41, 5.74) is 5.78. The number of hydrogen-bond donors (Lipinski definition) is 2. The van der Waals surface area contributed by atoms with Crippen molar-refractivity contribution in [1.29, 1.82) is 0 Å². The SMILES string of the molecule is CCC[C@H](C(=O)NNC(=O)CSc1ccccc1F)c1ccccc1. The van der Waals surface area contributed by atoms with Gasteiger partial charge in [0.1, 0.15) is 5.82 Å². The van der Waals surface area contributed by atoms with E-state index in [4.69, 9.17) is 0 Å². The largest absolute Gasteiger partial charge is 0.273 e. The summed E-state index contributed by atoms with van der Waals surface area (Å²) in [6.07, 6.45) is 1.54. The van der Waals surface area contributed by atoms with Crippen LogP contribution in [0.15, 0.2) is 59.5 Å². The minimum Gasteiger partial charge on any atom is -0.273 e. The second-order valence-electron chi connectivity index (χ2n) is 5.51. The van der Waals surface area contributed by atoms with Gasteiger partial charge < -0.3 is 0 Å². The molecule has 0 bridgehead atoms. The number of hydrogen-bond acceptors (Lipinski definition) is 3. The molecule has 0 aliphatic heterocycles. The number of hydrazine groups is 1. The molecule has 0 spiro atoms. The summed E-state index contributed by atoms with van der Waals surface area (Å²) in [5.74, 6) is -1.30. The molecule has 0 aliphatic rings. The van der Waals surface area contributed by atoms with E-state index in [-0.39, 0.29) is 29.3 Å². The molecule has 2 aromatic rings. The average molecular weight is 360 g/mol. The van der Waals surface area contributed by atoms with Gasteiger partial charge in [-0.25, -0.2) is 4.39 Å². The lowest BCUT2D eigenvalue weighted by atomic mass is 9.94. The van der Waals surface area contributed by atoms with Crippen molar-refractivity contribution in [3.05, 3.63) is 66.0 Å². The molecular weight excluding hydrogens is 339 g/mol. The quantitative estimate of drug-likeness (QED) is 0.585. The van der Waals surface area contributed by atoms with E-state index in [1.807, 2.05) is 37.3 Å². The van der Waals surface area contributed by atoms with E-state index in [2.05, 4.69) is 10.9 Å². The highest BCUT2D eigenvalue weighted by Crippen LogP contribution is 2.22. The Balaban J connectivity index is 1.85.